The zero-order chi connectivity index (χ0) is 14.0. The molecule has 19 heavy (non-hydrogen) atoms. The molecule has 2 unspecified atom stereocenters. The van der Waals surface area contributed by atoms with E-state index in [1.807, 2.05) is 0 Å². The van der Waals surface area contributed by atoms with Crippen molar-refractivity contribution in [3.63, 3.8) is 0 Å². The third-order valence-electron chi connectivity index (χ3n) is 3.33. The summed E-state index contributed by atoms with van der Waals surface area (Å²) in [5.41, 5.74) is 1.97. The van der Waals surface area contributed by atoms with Gasteiger partial charge in [0.1, 0.15) is 6.33 Å². The Morgan fingerprint density at radius 2 is 2.42 bits per heavy atom. The Hall–Kier alpha value is -2.00. The zero-order valence-corrected chi connectivity index (χ0v) is 10.5. The van der Waals surface area contributed by atoms with Crippen LogP contribution in [0, 0.1) is 16.0 Å². The van der Waals surface area contributed by atoms with Crippen LogP contribution in [0.15, 0.2) is 6.33 Å². The minimum absolute atomic E-state index is 0.0181. The number of hydrazine groups is 1. The summed E-state index contributed by atoms with van der Waals surface area (Å²) in [6.45, 7) is 2.85. The largest absolute Gasteiger partial charge is 0.393 e. The molecule has 2 rings (SSSR count). The van der Waals surface area contributed by atoms with E-state index >= 15 is 0 Å². The van der Waals surface area contributed by atoms with Crippen molar-refractivity contribution in [1.82, 2.24) is 9.97 Å². The third-order valence-corrected chi connectivity index (χ3v) is 3.33. The maximum atomic E-state index is 11.1. The molecule has 104 valence electrons. The standard InChI is InChI=1S/C10H16N6O3/c1-6(17)7-2-3-15(4-7)10-8(16(18)19)9(14-11)12-5-13-10/h5-7,17H,2-4,11H2,1H3,(H,12,13,14). The SMILES string of the molecule is CC(O)C1CCN(c2ncnc(NN)c2[N+](=O)[O-])C1. The van der Waals surface area contributed by atoms with Crippen molar-refractivity contribution in [3.8, 4) is 0 Å². The number of aromatic nitrogens is 2. The summed E-state index contributed by atoms with van der Waals surface area (Å²) in [6.07, 6.45) is 1.55. The van der Waals surface area contributed by atoms with Crippen LogP contribution in [-0.2, 0) is 0 Å². The van der Waals surface area contributed by atoms with Crippen molar-refractivity contribution >= 4 is 17.3 Å². The molecule has 1 aromatic heterocycles. The number of aliphatic hydroxyl groups is 1. The molecule has 0 aliphatic carbocycles. The molecule has 0 bridgehead atoms. The van der Waals surface area contributed by atoms with Crippen molar-refractivity contribution in [2.24, 2.45) is 11.8 Å². The van der Waals surface area contributed by atoms with Gasteiger partial charge in [-0.1, -0.05) is 0 Å². The predicted molar refractivity (Wildman–Crippen MR) is 68.5 cm³/mol. The average Bonchev–Trinajstić information content (AvgIpc) is 2.87. The highest BCUT2D eigenvalue weighted by molar-refractivity contribution is 5.70. The van der Waals surface area contributed by atoms with Crippen LogP contribution >= 0.6 is 0 Å². The van der Waals surface area contributed by atoms with E-state index in [4.69, 9.17) is 5.84 Å². The second-order valence-corrected chi connectivity index (χ2v) is 4.53. The van der Waals surface area contributed by atoms with E-state index in [-0.39, 0.29) is 23.2 Å². The minimum atomic E-state index is -0.555. The van der Waals surface area contributed by atoms with Gasteiger partial charge in [-0.05, 0) is 13.3 Å². The molecular weight excluding hydrogens is 252 g/mol. The Labute approximate surface area is 109 Å². The number of nitrogens with one attached hydrogen (secondary N) is 1. The van der Waals surface area contributed by atoms with Crippen molar-refractivity contribution in [3.05, 3.63) is 16.4 Å². The van der Waals surface area contributed by atoms with Crippen molar-refractivity contribution in [2.45, 2.75) is 19.4 Å². The highest BCUT2D eigenvalue weighted by atomic mass is 16.6. The first-order chi connectivity index (χ1) is 9.04. The summed E-state index contributed by atoms with van der Waals surface area (Å²) in [5, 5.41) is 20.7. The zero-order valence-electron chi connectivity index (χ0n) is 10.5. The van der Waals surface area contributed by atoms with Crippen LogP contribution in [0.5, 0.6) is 0 Å². The molecular formula is C10H16N6O3. The number of nitrogen functional groups attached to an aromatic ring is 1. The first-order valence-electron chi connectivity index (χ1n) is 5.93. The van der Waals surface area contributed by atoms with Crippen molar-refractivity contribution in [1.29, 1.82) is 0 Å². The molecule has 1 saturated heterocycles. The molecule has 1 aromatic rings. The molecule has 0 spiro atoms. The Bertz CT molecular complexity index is 480. The van der Waals surface area contributed by atoms with Gasteiger partial charge in [-0.25, -0.2) is 15.8 Å². The molecule has 0 saturated carbocycles. The maximum absolute atomic E-state index is 11.1. The summed E-state index contributed by atoms with van der Waals surface area (Å²) in [7, 11) is 0. The number of nitrogens with two attached hydrogens (primary N) is 1. The Morgan fingerprint density at radius 3 is 2.95 bits per heavy atom. The summed E-state index contributed by atoms with van der Waals surface area (Å²) >= 11 is 0. The van der Waals surface area contributed by atoms with Crippen LogP contribution in [0.3, 0.4) is 0 Å². The van der Waals surface area contributed by atoms with Gasteiger partial charge in [-0.2, -0.15) is 0 Å². The van der Waals surface area contributed by atoms with E-state index in [1.165, 1.54) is 6.33 Å². The van der Waals surface area contributed by atoms with E-state index in [0.717, 1.165) is 6.42 Å². The van der Waals surface area contributed by atoms with Gasteiger partial charge in [0, 0.05) is 19.0 Å². The van der Waals surface area contributed by atoms with Gasteiger partial charge >= 0.3 is 5.69 Å². The molecule has 1 fully saturated rings. The van der Waals surface area contributed by atoms with Crippen LogP contribution in [-0.4, -0.2) is 39.2 Å². The van der Waals surface area contributed by atoms with Gasteiger partial charge in [0.2, 0.25) is 11.6 Å². The number of rotatable bonds is 4. The Morgan fingerprint density at radius 1 is 1.68 bits per heavy atom. The molecule has 9 nitrogen and oxygen atoms in total. The summed E-state index contributed by atoms with van der Waals surface area (Å²) in [5.74, 6) is 5.53. The number of aliphatic hydroxyl groups excluding tert-OH is 1. The molecule has 2 heterocycles. The number of hydrogen-bond acceptors (Lipinski definition) is 8. The average molecular weight is 268 g/mol. The number of anilines is 2. The topological polar surface area (TPSA) is 130 Å². The van der Waals surface area contributed by atoms with Gasteiger partial charge in [0.15, 0.2) is 0 Å². The van der Waals surface area contributed by atoms with Gasteiger partial charge in [-0.15, -0.1) is 0 Å². The van der Waals surface area contributed by atoms with Gasteiger partial charge in [-0.3, -0.25) is 10.1 Å². The Kier molecular flexibility index (Phi) is 3.76. The number of nitro groups is 1. The van der Waals surface area contributed by atoms with Gasteiger partial charge in [0.05, 0.1) is 11.0 Å². The number of nitrogens with zero attached hydrogens (tertiary/aromatic N) is 4. The van der Waals surface area contributed by atoms with E-state index < -0.39 is 11.0 Å². The second kappa shape index (κ2) is 5.33. The number of hydrogen-bond donors (Lipinski definition) is 3. The van der Waals surface area contributed by atoms with Crippen LogP contribution in [0.4, 0.5) is 17.3 Å². The predicted octanol–water partition coefficient (Wildman–Crippen LogP) is -0.122. The minimum Gasteiger partial charge on any atom is -0.393 e. The van der Waals surface area contributed by atoms with Crippen LogP contribution < -0.4 is 16.2 Å². The van der Waals surface area contributed by atoms with E-state index in [1.54, 1.807) is 11.8 Å². The summed E-state index contributed by atoms with van der Waals surface area (Å²) in [6, 6.07) is 0. The lowest BCUT2D eigenvalue weighted by molar-refractivity contribution is -0.383. The fraction of sp³-hybridized carbons (Fsp3) is 0.600. The lowest BCUT2D eigenvalue weighted by Gasteiger charge is -2.18. The normalized spacial score (nSPS) is 20.4. The van der Waals surface area contributed by atoms with Gasteiger partial charge in [0.25, 0.3) is 0 Å². The highest BCUT2D eigenvalue weighted by Gasteiger charge is 2.33. The van der Waals surface area contributed by atoms with Crippen LogP contribution in [0.1, 0.15) is 13.3 Å². The van der Waals surface area contributed by atoms with Crippen molar-refractivity contribution < 1.29 is 10.0 Å². The Balaban J connectivity index is 2.33. The quantitative estimate of drug-likeness (QED) is 0.391. The monoisotopic (exact) mass is 268 g/mol. The van der Waals surface area contributed by atoms with E-state index in [0.29, 0.717) is 13.1 Å². The molecule has 1 aliphatic rings. The molecule has 9 heteroatoms. The molecule has 1 aliphatic heterocycles. The molecule has 4 N–H and O–H groups in total. The van der Waals surface area contributed by atoms with Crippen LogP contribution in [0.2, 0.25) is 0 Å². The molecule has 0 radical (unpaired) electrons. The van der Waals surface area contributed by atoms with E-state index in [2.05, 4.69) is 15.4 Å². The smallest absolute Gasteiger partial charge is 0.354 e. The molecule has 2 atom stereocenters. The fourth-order valence-corrected chi connectivity index (χ4v) is 2.25. The lowest BCUT2D eigenvalue weighted by Crippen LogP contribution is -2.26. The molecule has 0 amide bonds. The fourth-order valence-electron chi connectivity index (χ4n) is 2.25. The lowest BCUT2D eigenvalue weighted by atomic mass is 10.0. The summed E-state index contributed by atoms with van der Waals surface area (Å²) < 4.78 is 0. The van der Waals surface area contributed by atoms with E-state index in [9.17, 15) is 15.2 Å². The second-order valence-electron chi connectivity index (χ2n) is 4.53. The van der Waals surface area contributed by atoms with Crippen molar-refractivity contribution in [2.75, 3.05) is 23.4 Å². The van der Waals surface area contributed by atoms with Crippen LogP contribution in [0.25, 0.3) is 0 Å². The highest BCUT2D eigenvalue weighted by Crippen LogP contribution is 2.34. The van der Waals surface area contributed by atoms with Gasteiger partial charge < -0.3 is 15.4 Å². The summed E-state index contributed by atoms with van der Waals surface area (Å²) in [4.78, 5) is 20.1. The first-order valence-corrected chi connectivity index (χ1v) is 5.93. The maximum Gasteiger partial charge on any atom is 0.354 e. The first kappa shape index (κ1) is 13.4. The third kappa shape index (κ3) is 2.56. The molecule has 0 aromatic carbocycles.